The lowest BCUT2D eigenvalue weighted by Gasteiger charge is -2.39. The number of carbonyl (C=O) groups is 2. The minimum absolute atomic E-state index is 0.148. The van der Waals surface area contributed by atoms with E-state index in [9.17, 15) is 9.59 Å². The van der Waals surface area contributed by atoms with Crippen molar-refractivity contribution in [2.75, 3.05) is 4.90 Å². The predicted molar refractivity (Wildman–Crippen MR) is 98.9 cm³/mol. The summed E-state index contributed by atoms with van der Waals surface area (Å²) < 4.78 is 0. The van der Waals surface area contributed by atoms with Gasteiger partial charge in [-0.2, -0.15) is 0 Å². The molecule has 1 unspecified atom stereocenters. The fourth-order valence-corrected chi connectivity index (χ4v) is 4.07. The van der Waals surface area contributed by atoms with Gasteiger partial charge in [-0.1, -0.05) is 50.8 Å². The molecule has 0 spiro atoms. The number of benzene rings is 1. The Balaban J connectivity index is 1.95. The average Bonchev–Trinajstić information content (AvgIpc) is 2.87. The van der Waals surface area contributed by atoms with E-state index in [-0.39, 0.29) is 17.9 Å². The Labute approximate surface area is 149 Å². The van der Waals surface area contributed by atoms with Crippen LogP contribution in [0.1, 0.15) is 51.9 Å². The summed E-state index contributed by atoms with van der Waals surface area (Å²) in [6, 6.07) is 9.51. The van der Waals surface area contributed by atoms with E-state index in [4.69, 9.17) is 5.73 Å². The number of carbonyl (C=O) groups excluding carboxylic acids is 2. The quantitative estimate of drug-likeness (QED) is 0.865. The molecule has 1 aliphatic heterocycles. The molecule has 0 bridgehead atoms. The Morgan fingerprint density at radius 1 is 1.24 bits per heavy atom. The van der Waals surface area contributed by atoms with Crippen molar-refractivity contribution in [1.82, 2.24) is 5.32 Å². The minimum atomic E-state index is -1.12. The molecule has 1 saturated carbocycles. The molecule has 1 atom stereocenters. The van der Waals surface area contributed by atoms with E-state index in [1.165, 1.54) is 12.5 Å². The number of nitrogens with zero attached hydrogens (tertiary/aromatic N) is 1. The van der Waals surface area contributed by atoms with Gasteiger partial charge in [0.1, 0.15) is 0 Å². The van der Waals surface area contributed by atoms with Crippen molar-refractivity contribution >= 4 is 17.5 Å². The molecule has 0 saturated heterocycles. The van der Waals surface area contributed by atoms with E-state index < -0.39 is 5.54 Å². The van der Waals surface area contributed by atoms with Crippen LogP contribution in [0.3, 0.4) is 0 Å². The molecule has 1 fully saturated rings. The fraction of sp³-hybridized carbons (Fsp3) is 0.500. The maximum Gasteiger partial charge on any atom is 0.254 e. The topological polar surface area (TPSA) is 75.4 Å². The van der Waals surface area contributed by atoms with E-state index in [1.807, 2.05) is 37.3 Å². The summed E-state index contributed by atoms with van der Waals surface area (Å²) in [7, 11) is 0. The van der Waals surface area contributed by atoms with Crippen LogP contribution in [-0.4, -0.2) is 23.4 Å². The minimum Gasteiger partial charge on any atom is -0.399 e. The van der Waals surface area contributed by atoms with Gasteiger partial charge in [0.05, 0.1) is 0 Å². The zero-order valence-corrected chi connectivity index (χ0v) is 14.8. The maximum absolute atomic E-state index is 13.3. The van der Waals surface area contributed by atoms with Crippen molar-refractivity contribution < 1.29 is 9.59 Å². The zero-order valence-electron chi connectivity index (χ0n) is 14.8. The molecule has 3 N–H and O–H groups in total. The van der Waals surface area contributed by atoms with Crippen molar-refractivity contribution in [3.05, 3.63) is 42.1 Å². The smallest absolute Gasteiger partial charge is 0.254 e. The van der Waals surface area contributed by atoms with Crippen LogP contribution in [0.15, 0.2) is 42.1 Å². The van der Waals surface area contributed by atoms with Gasteiger partial charge in [-0.05, 0) is 31.4 Å². The van der Waals surface area contributed by atoms with E-state index >= 15 is 0 Å². The molecule has 1 aliphatic carbocycles. The van der Waals surface area contributed by atoms with E-state index in [1.54, 1.807) is 4.90 Å². The van der Waals surface area contributed by atoms with Gasteiger partial charge in [0.25, 0.3) is 11.8 Å². The summed E-state index contributed by atoms with van der Waals surface area (Å²) in [4.78, 5) is 27.6. The number of hydrogen-bond acceptors (Lipinski definition) is 3. The van der Waals surface area contributed by atoms with Crippen molar-refractivity contribution in [2.45, 2.75) is 63.5 Å². The summed E-state index contributed by atoms with van der Waals surface area (Å²) in [5.74, 6) is -0.374. The lowest BCUT2D eigenvalue weighted by atomic mass is 9.87. The van der Waals surface area contributed by atoms with Gasteiger partial charge < -0.3 is 11.1 Å². The SMILES string of the molecule is CCCC1(C(=O)NC2CCCCC2)C(N)=CC(=O)N1c1ccccc1. The number of rotatable bonds is 5. The lowest BCUT2D eigenvalue weighted by Crippen LogP contribution is -2.61. The summed E-state index contributed by atoms with van der Waals surface area (Å²) in [5.41, 5.74) is 6.19. The molecule has 2 aliphatic rings. The molecule has 2 amide bonds. The predicted octanol–water partition coefficient (Wildman–Crippen LogP) is 2.86. The van der Waals surface area contributed by atoms with Crippen LogP contribution in [0.4, 0.5) is 5.69 Å². The average molecular weight is 341 g/mol. The van der Waals surface area contributed by atoms with Crippen LogP contribution in [-0.2, 0) is 9.59 Å². The first-order valence-electron chi connectivity index (χ1n) is 9.27. The molecule has 25 heavy (non-hydrogen) atoms. The highest BCUT2D eigenvalue weighted by Gasteiger charge is 2.52. The molecule has 1 heterocycles. The Hall–Kier alpha value is -2.30. The number of hydrogen-bond donors (Lipinski definition) is 2. The second-order valence-electron chi connectivity index (χ2n) is 7.03. The molecule has 1 aromatic rings. The molecule has 0 radical (unpaired) electrons. The molecular formula is C20H27N3O2. The van der Waals surface area contributed by atoms with Gasteiger partial charge in [-0.25, -0.2) is 0 Å². The van der Waals surface area contributed by atoms with Gasteiger partial charge in [0.15, 0.2) is 5.54 Å². The van der Waals surface area contributed by atoms with Crippen molar-refractivity contribution in [2.24, 2.45) is 5.73 Å². The summed E-state index contributed by atoms with van der Waals surface area (Å²) in [6.07, 6.45) is 8.16. The highest BCUT2D eigenvalue weighted by Crippen LogP contribution is 2.37. The number of anilines is 1. The van der Waals surface area contributed by atoms with Gasteiger partial charge in [0.2, 0.25) is 0 Å². The molecule has 0 aromatic heterocycles. The van der Waals surface area contributed by atoms with Crippen molar-refractivity contribution in [1.29, 1.82) is 0 Å². The second kappa shape index (κ2) is 7.30. The summed E-state index contributed by atoms with van der Waals surface area (Å²) in [5, 5.41) is 3.18. The Bertz CT molecular complexity index is 665. The highest BCUT2D eigenvalue weighted by molar-refractivity contribution is 6.14. The molecule has 5 nitrogen and oxygen atoms in total. The van der Waals surface area contributed by atoms with Gasteiger partial charge in [0, 0.05) is 23.5 Å². The van der Waals surface area contributed by atoms with Crippen LogP contribution in [0, 0.1) is 0 Å². The van der Waals surface area contributed by atoms with Gasteiger partial charge in [-0.15, -0.1) is 0 Å². The molecule has 3 rings (SSSR count). The van der Waals surface area contributed by atoms with Crippen LogP contribution in [0.2, 0.25) is 0 Å². The van der Waals surface area contributed by atoms with E-state index in [2.05, 4.69) is 5.32 Å². The van der Waals surface area contributed by atoms with Crippen LogP contribution >= 0.6 is 0 Å². The molecule has 1 aromatic carbocycles. The largest absolute Gasteiger partial charge is 0.399 e. The second-order valence-corrected chi connectivity index (χ2v) is 7.03. The van der Waals surface area contributed by atoms with E-state index in [0.29, 0.717) is 17.8 Å². The number of amides is 2. The standard InChI is InChI=1S/C20H27N3O2/c1-2-13-20(19(25)22-15-9-5-3-6-10-15)17(21)14-18(24)23(20)16-11-7-4-8-12-16/h4,7-8,11-12,14-15H,2-3,5-6,9-10,13,21H2,1H3,(H,22,25). The third-order valence-electron chi connectivity index (χ3n) is 5.30. The van der Waals surface area contributed by atoms with Crippen molar-refractivity contribution in [3.63, 3.8) is 0 Å². The van der Waals surface area contributed by atoms with Gasteiger partial charge >= 0.3 is 0 Å². The molecule has 134 valence electrons. The first-order valence-corrected chi connectivity index (χ1v) is 9.27. The maximum atomic E-state index is 13.3. The molecule has 5 heteroatoms. The Morgan fingerprint density at radius 3 is 2.56 bits per heavy atom. The number of para-hydroxylation sites is 1. The van der Waals surface area contributed by atoms with Gasteiger partial charge in [-0.3, -0.25) is 14.5 Å². The highest BCUT2D eigenvalue weighted by atomic mass is 16.2. The monoisotopic (exact) mass is 341 g/mol. The number of nitrogens with one attached hydrogen (secondary N) is 1. The summed E-state index contributed by atoms with van der Waals surface area (Å²) in [6.45, 7) is 2.01. The molecular weight excluding hydrogens is 314 g/mol. The first-order chi connectivity index (χ1) is 12.1. The van der Waals surface area contributed by atoms with Crippen LogP contribution in [0.25, 0.3) is 0 Å². The number of nitrogens with two attached hydrogens (primary N) is 1. The lowest BCUT2D eigenvalue weighted by molar-refractivity contribution is -0.128. The summed E-state index contributed by atoms with van der Waals surface area (Å²) >= 11 is 0. The van der Waals surface area contributed by atoms with Crippen LogP contribution in [0.5, 0.6) is 0 Å². The van der Waals surface area contributed by atoms with Crippen molar-refractivity contribution in [3.8, 4) is 0 Å². The Morgan fingerprint density at radius 2 is 1.92 bits per heavy atom. The fourth-order valence-electron chi connectivity index (χ4n) is 4.07. The third-order valence-corrected chi connectivity index (χ3v) is 5.30. The normalized spacial score (nSPS) is 24.3. The van der Waals surface area contributed by atoms with E-state index in [0.717, 1.165) is 32.1 Å². The first kappa shape index (κ1) is 17.5. The van der Waals surface area contributed by atoms with Crippen LogP contribution < -0.4 is 16.0 Å². The Kier molecular flexibility index (Phi) is 5.11. The third kappa shape index (κ3) is 3.15. The zero-order chi connectivity index (χ0) is 17.9.